The van der Waals surface area contributed by atoms with E-state index in [1.54, 1.807) is 0 Å². The summed E-state index contributed by atoms with van der Waals surface area (Å²) in [4.78, 5) is 11.1. The van der Waals surface area contributed by atoms with Crippen molar-refractivity contribution < 1.29 is 14.3 Å². The molecular weight excluding hydrogens is 257 g/mol. The van der Waals surface area contributed by atoms with Gasteiger partial charge in [0.25, 0.3) is 0 Å². The van der Waals surface area contributed by atoms with Crippen LogP contribution in [0.25, 0.3) is 0 Å². The fourth-order valence-electron chi connectivity index (χ4n) is 2.10. The van der Waals surface area contributed by atoms with Gasteiger partial charge in [0.15, 0.2) is 0 Å². The monoisotopic (exact) mass is 273 g/mol. The summed E-state index contributed by atoms with van der Waals surface area (Å²) >= 11 is 0. The molecule has 0 fully saturated rings. The maximum absolute atomic E-state index is 13.1. The predicted molar refractivity (Wildman–Crippen MR) is 76.6 cm³/mol. The number of carboxylic acid groups (broad SMARTS) is 1. The van der Waals surface area contributed by atoms with Gasteiger partial charge in [0.05, 0.1) is 5.56 Å². The summed E-state index contributed by atoms with van der Waals surface area (Å²) in [5.74, 6) is -1.69. The van der Waals surface area contributed by atoms with Crippen molar-refractivity contribution in [2.75, 3.05) is 5.32 Å². The number of anilines is 1. The zero-order valence-corrected chi connectivity index (χ0v) is 11.1. The molecule has 0 saturated carbocycles. The first-order chi connectivity index (χ1) is 9.56. The normalized spacial score (nSPS) is 11.9. The standard InChI is InChI=1S/C16H16FNO2/c1-11(9-12-5-3-2-4-6-12)18-15-8-7-13(17)10-14(15)16(19)20/h2-8,10-11,18H,9H2,1H3,(H,19,20). The first kappa shape index (κ1) is 14.1. The minimum atomic E-state index is -1.14. The van der Waals surface area contributed by atoms with Gasteiger partial charge < -0.3 is 10.4 Å². The zero-order valence-electron chi connectivity index (χ0n) is 11.1. The fourth-order valence-corrected chi connectivity index (χ4v) is 2.10. The smallest absolute Gasteiger partial charge is 0.337 e. The lowest BCUT2D eigenvalue weighted by Crippen LogP contribution is -2.20. The van der Waals surface area contributed by atoms with Crippen molar-refractivity contribution in [3.05, 3.63) is 65.5 Å². The second-order valence-corrected chi connectivity index (χ2v) is 4.73. The third-order valence-electron chi connectivity index (χ3n) is 3.00. The first-order valence-electron chi connectivity index (χ1n) is 6.39. The molecule has 0 spiro atoms. The van der Waals surface area contributed by atoms with E-state index in [2.05, 4.69) is 5.32 Å². The van der Waals surface area contributed by atoms with Crippen molar-refractivity contribution in [2.45, 2.75) is 19.4 Å². The Hall–Kier alpha value is -2.36. The molecule has 0 aromatic heterocycles. The molecule has 0 heterocycles. The van der Waals surface area contributed by atoms with Crippen molar-refractivity contribution >= 4 is 11.7 Å². The molecule has 0 aliphatic rings. The Kier molecular flexibility index (Phi) is 4.35. The quantitative estimate of drug-likeness (QED) is 0.875. The van der Waals surface area contributed by atoms with Crippen LogP contribution in [-0.4, -0.2) is 17.1 Å². The van der Waals surface area contributed by atoms with Gasteiger partial charge in [-0.3, -0.25) is 0 Å². The summed E-state index contributed by atoms with van der Waals surface area (Å²) < 4.78 is 13.1. The van der Waals surface area contributed by atoms with Crippen LogP contribution in [0.5, 0.6) is 0 Å². The maximum Gasteiger partial charge on any atom is 0.337 e. The Morgan fingerprint density at radius 3 is 2.60 bits per heavy atom. The van der Waals surface area contributed by atoms with Crippen LogP contribution in [-0.2, 0) is 6.42 Å². The lowest BCUT2D eigenvalue weighted by molar-refractivity contribution is 0.0697. The largest absolute Gasteiger partial charge is 0.478 e. The Balaban J connectivity index is 2.11. The highest BCUT2D eigenvalue weighted by Gasteiger charge is 2.13. The van der Waals surface area contributed by atoms with Gasteiger partial charge in [-0.25, -0.2) is 9.18 Å². The number of rotatable bonds is 5. The van der Waals surface area contributed by atoms with Gasteiger partial charge >= 0.3 is 5.97 Å². The van der Waals surface area contributed by atoms with Crippen LogP contribution < -0.4 is 5.32 Å². The molecule has 104 valence electrons. The van der Waals surface area contributed by atoms with Gasteiger partial charge in [0.1, 0.15) is 5.82 Å². The molecule has 20 heavy (non-hydrogen) atoms. The molecule has 0 bridgehead atoms. The molecule has 2 aromatic rings. The van der Waals surface area contributed by atoms with E-state index >= 15 is 0 Å². The van der Waals surface area contributed by atoms with E-state index in [9.17, 15) is 9.18 Å². The van der Waals surface area contributed by atoms with E-state index in [0.717, 1.165) is 18.1 Å². The van der Waals surface area contributed by atoms with E-state index < -0.39 is 11.8 Å². The van der Waals surface area contributed by atoms with Gasteiger partial charge in [-0.1, -0.05) is 30.3 Å². The second-order valence-electron chi connectivity index (χ2n) is 4.73. The Bertz CT molecular complexity index is 599. The molecular formula is C16H16FNO2. The van der Waals surface area contributed by atoms with Crippen molar-refractivity contribution in [3.8, 4) is 0 Å². The molecule has 2 rings (SSSR count). The van der Waals surface area contributed by atoms with Crippen LogP contribution in [0.4, 0.5) is 10.1 Å². The van der Waals surface area contributed by atoms with Crippen molar-refractivity contribution in [1.29, 1.82) is 0 Å². The van der Waals surface area contributed by atoms with Crippen molar-refractivity contribution in [3.63, 3.8) is 0 Å². The Morgan fingerprint density at radius 1 is 1.25 bits per heavy atom. The van der Waals surface area contributed by atoms with Gasteiger partial charge in [0.2, 0.25) is 0 Å². The minimum Gasteiger partial charge on any atom is -0.478 e. The zero-order chi connectivity index (χ0) is 14.5. The number of benzene rings is 2. The van der Waals surface area contributed by atoms with Crippen LogP contribution in [0.3, 0.4) is 0 Å². The van der Waals surface area contributed by atoms with E-state index in [1.807, 2.05) is 37.3 Å². The topological polar surface area (TPSA) is 49.3 Å². The van der Waals surface area contributed by atoms with Gasteiger partial charge in [0, 0.05) is 11.7 Å². The number of carbonyl (C=O) groups is 1. The van der Waals surface area contributed by atoms with Crippen LogP contribution >= 0.6 is 0 Å². The maximum atomic E-state index is 13.1. The highest BCUT2D eigenvalue weighted by Crippen LogP contribution is 2.19. The summed E-state index contributed by atoms with van der Waals surface area (Å²) in [5.41, 5.74) is 1.54. The number of aromatic carboxylic acids is 1. The van der Waals surface area contributed by atoms with Crippen LogP contribution in [0.2, 0.25) is 0 Å². The number of carboxylic acids is 1. The number of hydrogen-bond acceptors (Lipinski definition) is 2. The van der Waals surface area contributed by atoms with E-state index in [1.165, 1.54) is 12.1 Å². The average molecular weight is 273 g/mol. The Morgan fingerprint density at radius 2 is 1.95 bits per heavy atom. The lowest BCUT2D eigenvalue weighted by atomic mass is 10.1. The molecule has 1 unspecified atom stereocenters. The first-order valence-corrected chi connectivity index (χ1v) is 6.39. The van der Waals surface area contributed by atoms with Gasteiger partial charge in [-0.05, 0) is 37.1 Å². The van der Waals surface area contributed by atoms with E-state index in [-0.39, 0.29) is 11.6 Å². The molecule has 2 N–H and O–H groups in total. The van der Waals surface area contributed by atoms with Crippen molar-refractivity contribution in [1.82, 2.24) is 0 Å². The minimum absolute atomic E-state index is 0.0426. The van der Waals surface area contributed by atoms with Crippen LogP contribution in [0, 0.1) is 5.82 Å². The van der Waals surface area contributed by atoms with Crippen LogP contribution in [0.1, 0.15) is 22.8 Å². The molecule has 0 amide bonds. The molecule has 2 aromatic carbocycles. The molecule has 4 heteroatoms. The molecule has 0 aliphatic heterocycles. The van der Waals surface area contributed by atoms with Crippen LogP contribution in [0.15, 0.2) is 48.5 Å². The summed E-state index contributed by atoms with van der Waals surface area (Å²) in [7, 11) is 0. The number of halogens is 1. The van der Waals surface area contributed by atoms with Gasteiger partial charge in [-0.15, -0.1) is 0 Å². The predicted octanol–water partition coefficient (Wildman–Crippen LogP) is 3.57. The van der Waals surface area contributed by atoms with Gasteiger partial charge in [-0.2, -0.15) is 0 Å². The summed E-state index contributed by atoms with van der Waals surface area (Å²) in [6.07, 6.45) is 0.761. The third-order valence-corrected chi connectivity index (χ3v) is 3.00. The highest BCUT2D eigenvalue weighted by atomic mass is 19.1. The van der Waals surface area contributed by atoms with E-state index in [0.29, 0.717) is 5.69 Å². The summed E-state index contributed by atoms with van der Waals surface area (Å²) in [6.45, 7) is 1.96. The van der Waals surface area contributed by atoms with E-state index in [4.69, 9.17) is 5.11 Å². The Labute approximate surface area is 117 Å². The molecule has 1 atom stereocenters. The summed E-state index contributed by atoms with van der Waals surface area (Å²) in [5, 5.41) is 12.2. The number of hydrogen-bond donors (Lipinski definition) is 2. The number of nitrogens with one attached hydrogen (secondary N) is 1. The third kappa shape index (κ3) is 3.57. The molecule has 0 radical (unpaired) electrons. The molecule has 0 saturated heterocycles. The molecule has 3 nitrogen and oxygen atoms in total. The molecule has 0 aliphatic carbocycles. The fraction of sp³-hybridized carbons (Fsp3) is 0.188. The second kappa shape index (κ2) is 6.19. The summed E-state index contributed by atoms with van der Waals surface area (Å²) in [6, 6.07) is 13.7. The van der Waals surface area contributed by atoms with Crippen molar-refractivity contribution in [2.24, 2.45) is 0 Å². The average Bonchev–Trinajstić information content (AvgIpc) is 2.41. The highest BCUT2D eigenvalue weighted by molar-refractivity contribution is 5.94. The SMILES string of the molecule is CC(Cc1ccccc1)Nc1ccc(F)cc1C(=O)O. The lowest BCUT2D eigenvalue weighted by Gasteiger charge is -2.17.